The predicted molar refractivity (Wildman–Crippen MR) is 78.5 cm³/mol. The molecular weight excluding hydrogens is 352 g/mol. The smallest absolute Gasteiger partial charge is 0.417 e. The van der Waals surface area contributed by atoms with Crippen molar-refractivity contribution >= 4 is 28.7 Å². The van der Waals surface area contributed by atoms with Crippen LogP contribution >= 0.6 is 11.6 Å². The van der Waals surface area contributed by atoms with E-state index in [9.17, 15) is 27.5 Å². The monoisotopic (exact) mass is 358 g/mol. The van der Waals surface area contributed by atoms with Crippen LogP contribution in [0.1, 0.15) is 12.0 Å². The molecule has 0 radical (unpaired) electrons. The zero-order chi connectivity index (χ0) is 17.6. The van der Waals surface area contributed by atoms with Gasteiger partial charge < -0.3 is 5.11 Å². The summed E-state index contributed by atoms with van der Waals surface area (Å²) in [6.45, 7) is 0. The third-order valence-electron chi connectivity index (χ3n) is 3.41. The van der Waals surface area contributed by atoms with E-state index >= 15 is 0 Å². The Morgan fingerprint density at radius 1 is 1.17 bits per heavy atom. The maximum Gasteiger partial charge on any atom is 0.417 e. The van der Waals surface area contributed by atoms with E-state index in [2.05, 4.69) is 4.98 Å². The molecule has 1 N–H and O–H groups in total. The summed E-state index contributed by atoms with van der Waals surface area (Å²) in [6.07, 6.45) is -4.66. The first-order valence-corrected chi connectivity index (χ1v) is 6.86. The van der Waals surface area contributed by atoms with Gasteiger partial charge in [0.2, 0.25) is 0 Å². The summed E-state index contributed by atoms with van der Waals surface area (Å²) in [5.74, 6) is -2.82. The topological polar surface area (TPSA) is 55.1 Å². The van der Waals surface area contributed by atoms with Crippen LogP contribution in [0, 0.1) is 11.6 Å². The second kappa shape index (κ2) is 5.79. The van der Waals surface area contributed by atoms with Gasteiger partial charge in [0, 0.05) is 16.5 Å². The molecule has 0 atom stereocenters. The van der Waals surface area contributed by atoms with Crippen molar-refractivity contribution < 1.29 is 27.5 Å². The molecule has 0 fully saturated rings. The fraction of sp³-hybridized carbons (Fsp3) is 0.0667. The Labute approximate surface area is 136 Å². The standard InChI is InChI=1S/C15H7ClF4N2O2/c16-12-2-1-6-3-11(22(15(23)24)14(6)21-12)7-4-9(17)10(18)5-8(7)13(19)20/h1-5,13H,(H,23,24). The fourth-order valence-corrected chi connectivity index (χ4v) is 2.55. The number of aromatic nitrogens is 2. The summed E-state index contributed by atoms with van der Waals surface area (Å²) in [7, 11) is 0. The molecule has 4 nitrogen and oxygen atoms in total. The van der Waals surface area contributed by atoms with Crippen molar-refractivity contribution in [3.63, 3.8) is 0 Å². The zero-order valence-electron chi connectivity index (χ0n) is 11.6. The molecule has 0 aliphatic carbocycles. The van der Waals surface area contributed by atoms with E-state index in [0.29, 0.717) is 22.1 Å². The largest absolute Gasteiger partial charge is 0.464 e. The molecule has 0 amide bonds. The molecule has 0 saturated carbocycles. The van der Waals surface area contributed by atoms with E-state index in [1.165, 1.54) is 18.2 Å². The molecule has 0 unspecified atom stereocenters. The molecule has 0 spiro atoms. The van der Waals surface area contributed by atoms with Crippen LogP contribution in [0.5, 0.6) is 0 Å². The van der Waals surface area contributed by atoms with Gasteiger partial charge in [0.05, 0.1) is 5.69 Å². The summed E-state index contributed by atoms with van der Waals surface area (Å²) in [4.78, 5) is 15.4. The Morgan fingerprint density at radius 3 is 2.46 bits per heavy atom. The van der Waals surface area contributed by atoms with Crippen molar-refractivity contribution in [2.45, 2.75) is 6.43 Å². The Hall–Kier alpha value is -2.61. The van der Waals surface area contributed by atoms with Gasteiger partial charge in [-0.1, -0.05) is 11.6 Å². The van der Waals surface area contributed by atoms with Gasteiger partial charge >= 0.3 is 6.09 Å². The highest BCUT2D eigenvalue weighted by Crippen LogP contribution is 2.36. The normalized spacial score (nSPS) is 11.4. The molecule has 0 aliphatic rings. The SMILES string of the molecule is O=C(O)n1c(-c2cc(F)c(F)cc2C(F)F)cc2ccc(Cl)nc21. The summed E-state index contributed by atoms with van der Waals surface area (Å²) in [5, 5.41) is 9.67. The van der Waals surface area contributed by atoms with Crippen LogP contribution in [0.2, 0.25) is 5.15 Å². The van der Waals surface area contributed by atoms with Crippen LogP contribution in [-0.2, 0) is 0 Å². The summed E-state index contributed by atoms with van der Waals surface area (Å²) in [6, 6.07) is 4.95. The van der Waals surface area contributed by atoms with Crippen molar-refractivity contribution in [2.24, 2.45) is 0 Å². The first kappa shape index (κ1) is 16.3. The van der Waals surface area contributed by atoms with Crippen molar-refractivity contribution in [1.29, 1.82) is 0 Å². The number of pyridine rings is 1. The molecule has 1 aromatic carbocycles. The van der Waals surface area contributed by atoms with E-state index in [1.54, 1.807) is 0 Å². The van der Waals surface area contributed by atoms with Crippen molar-refractivity contribution in [1.82, 2.24) is 9.55 Å². The van der Waals surface area contributed by atoms with Crippen molar-refractivity contribution in [3.05, 3.63) is 52.7 Å². The highest BCUT2D eigenvalue weighted by Gasteiger charge is 2.24. The number of rotatable bonds is 2. The van der Waals surface area contributed by atoms with Gasteiger partial charge in [-0.3, -0.25) is 0 Å². The maximum atomic E-state index is 13.5. The minimum absolute atomic E-state index is 0.00554. The number of carboxylic acid groups (broad SMARTS) is 1. The molecule has 2 heterocycles. The van der Waals surface area contributed by atoms with Crippen LogP contribution in [0.15, 0.2) is 30.3 Å². The molecular formula is C15H7ClF4N2O2. The number of carbonyl (C=O) groups is 1. The minimum Gasteiger partial charge on any atom is -0.464 e. The fourth-order valence-electron chi connectivity index (χ4n) is 2.41. The Balaban J connectivity index is 2.40. The van der Waals surface area contributed by atoms with E-state index in [4.69, 9.17) is 11.6 Å². The molecule has 9 heteroatoms. The van der Waals surface area contributed by atoms with E-state index in [-0.39, 0.29) is 16.5 Å². The van der Waals surface area contributed by atoms with Gasteiger partial charge in [-0.05, 0) is 30.3 Å². The van der Waals surface area contributed by atoms with Gasteiger partial charge in [-0.2, -0.15) is 0 Å². The van der Waals surface area contributed by atoms with Gasteiger partial charge in [-0.15, -0.1) is 0 Å². The predicted octanol–water partition coefficient (Wildman–Crippen LogP) is 5.10. The maximum absolute atomic E-state index is 13.5. The lowest BCUT2D eigenvalue weighted by molar-refractivity contribution is 0.151. The van der Waals surface area contributed by atoms with Gasteiger partial charge in [-0.25, -0.2) is 31.9 Å². The Kier molecular flexibility index (Phi) is 3.92. The second-order valence-electron chi connectivity index (χ2n) is 4.85. The molecule has 0 bridgehead atoms. The number of benzene rings is 1. The lowest BCUT2D eigenvalue weighted by atomic mass is 10.0. The quantitative estimate of drug-likeness (QED) is 0.512. The number of hydrogen-bond donors (Lipinski definition) is 1. The number of hydrogen-bond acceptors (Lipinski definition) is 2. The number of halogens is 5. The van der Waals surface area contributed by atoms with E-state index in [0.717, 1.165) is 0 Å². The number of fused-ring (bicyclic) bond motifs is 1. The van der Waals surface area contributed by atoms with Crippen molar-refractivity contribution in [3.8, 4) is 11.3 Å². The zero-order valence-corrected chi connectivity index (χ0v) is 12.4. The Bertz CT molecular complexity index is 972. The second-order valence-corrected chi connectivity index (χ2v) is 5.24. The molecule has 0 aliphatic heterocycles. The van der Waals surface area contributed by atoms with E-state index < -0.39 is 35.3 Å². The number of nitrogens with zero attached hydrogens (tertiary/aromatic N) is 2. The first-order valence-electron chi connectivity index (χ1n) is 6.48. The third-order valence-corrected chi connectivity index (χ3v) is 3.62. The van der Waals surface area contributed by atoms with Gasteiger partial charge in [0.1, 0.15) is 5.15 Å². The Morgan fingerprint density at radius 2 is 1.83 bits per heavy atom. The van der Waals surface area contributed by atoms with Crippen molar-refractivity contribution in [2.75, 3.05) is 0 Å². The summed E-state index contributed by atoms with van der Waals surface area (Å²) in [5.41, 5.74) is -1.64. The summed E-state index contributed by atoms with van der Waals surface area (Å²) < 4.78 is 53.8. The molecule has 2 aromatic heterocycles. The highest BCUT2D eigenvalue weighted by atomic mass is 35.5. The van der Waals surface area contributed by atoms with Crippen LogP contribution in [0.4, 0.5) is 22.4 Å². The first-order chi connectivity index (χ1) is 11.3. The lowest BCUT2D eigenvalue weighted by Crippen LogP contribution is -2.11. The average Bonchev–Trinajstić information content (AvgIpc) is 2.87. The molecule has 3 rings (SSSR count). The molecule has 124 valence electrons. The third kappa shape index (κ3) is 2.58. The average molecular weight is 359 g/mol. The van der Waals surface area contributed by atoms with Crippen LogP contribution in [0.3, 0.4) is 0 Å². The van der Waals surface area contributed by atoms with Crippen LogP contribution < -0.4 is 0 Å². The molecule has 3 aromatic rings. The number of alkyl halides is 2. The van der Waals surface area contributed by atoms with Gasteiger partial charge in [0.25, 0.3) is 6.43 Å². The molecule has 24 heavy (non-hydrogen) atoms. The molecule has 0 saturated heterocycles. The minimum atomic E-state index is -3.13. The lowest BCUT2D eigenvalue weighted by Gasteiger charge is -2.11. The highest BCUT2D eigenvalue weighted by molar-refractivity contribution is 6.29. The van der Waals surface area contributed by atoms with Crippen LogP contribution in [-0.4, -0.2) is 20.8 Å². The van der Waals surface area contributed by atoms with E-state index in [1.807, 2.05) is 0 Å². The van der Waals surface area contributed by atoms with Crippen LogP contribution in [0.25, 0.3) is 22.3 Å². The summed E-state index contributed by atoms with van der Waals surface area (Å²) >= 11 is 5.73. The van der Waals surface area contributed by atoms with Gasteiger partial charge in [0.15, 0.2) is 17.3 Å².